The lowest BCUT2D eigenvalue weighted by Crippen LogP contribution is -2.54. The Morgan fingerprint density at radius 3 is 2.66 bits per heavy atom. The Morgan fingerprint density at radius 2 is 1.94 bits per heavy atom. The molecular weight excluding hydrogens is 450 g/mol. The molecule has 1 saturated heterocycles. The number of aromatic nitrogens is 3. The van der Waals surface area contributed by atoms with Crippen LogP contribution < -0.4 is 10.1 Å². The molecule has 5 atom stereocenters. The number of β-amino-alcohol motifs (C(OH)–C–C–N with tert-alkyl or cyclic N) is 1. The molecular formula is C25H33N5O5. The highest BCUT2D eigenvalue weighted by molar-refractivity contribution is 5.90. The van der Waals surface area contributed by atoms with E-state index in [-0.39, 0.29) is 25.5 Å². The molecule has 188 valence electrons. The minimum atomic E-state index is -0.933. The maximum atomic E-state index is 13.8. The first-order valence-electron chi connectivity index (χ1n) is 12.2. The van der Waals surface area contributed by atoms with Gasteiger partial charge in [-0.3, -0.25) is 9.59 Å². The van der Waals surface area contributed by atoms with Crippen LogP contribution in [0.15, 0.2) is 30.5 Å². The molecule has 3 aliphatic rings. The third kappa shape index (κ3) is 4.64. The maximum absolute atomic E-state index is 13.8. The first-order chi connectivity index (χ1) is 16.6. The fourth-order valence-corrected chi connectivity index (χ4v) is 5.07. The van der Waals surface area contributed by atoms with Crippen LogP contribution in [0.2, 0.25) is 0 Å². The Kier molecular flexibility index (Phi) is 6.04. The average Bonchev–Trinajstić information content (AvgIpc) is 3.42. The average molecular weight is 484 g/mol. The van der Waals surface area contributed by atoms with Crippen molar-refractivity contribution in [1.29, 1.82) is 0 Å². The van der Waals surface area contributed by atoms with Gasteiger partial charge in [-0.1, -0.05) is 44.2 Å². The van der Waals surface area contributed by atoms with E-state index in [0.717, 1.165) is 18.5 Å². The fourth-order valence-electron chi connectivity index (χ4n) is 5.07. The molecule has 0 radical (unpaired) electrons. The molecule has 35 heavy (non-hydrogen) atoms. The smallest absolute Gasteiger partial charge is 0.248 e. The number of nitrogens with one attached hydrogen (secondary N) is 1. The van der Waals surface area contributed by atoms with E-state index in [4.69, 9.17) is 4.74 Å². The number of para-hydroxylation sites is 1. The van der Waals surface area contributed by atoms with Crippen LogP contribution >= 0.6 is 0 Å². The maximum Gasteiger partial charge on any atom is 0.248 e. The third-order valence-electron chi connectivity index (χ3n) is 7.07. The van der Waals surface area contributed by atoms with Crippen molar-refractivity contribution >= 4 is 11.8 Å². The lowest BCUT2D eigenvalue weighted by molar-refractivity contribution is -0.144. The number of carbonyl (C=O) groups is 2. The topological polar surface area (TPSA) is 130 Å². The Bertz CT molecular complexity index is 1110. The van der Waals surface area contributed by atoms with Crippen LogP contribution in [-0.2, 0) is 9.59 Å². The van der Waals surface area contributed by atoms with Gasteiger partial charge in [-0.15, -0.1) is 5.10 Å². The number of aliphatic hydroxyl groups is 2. The van der Waals surface area contributed by atoms with E-state index < -0.39 is 41.7 Å². The normalized spacial score (nSPS) is 27.2. The highest BCUT2D eigenvalue weighted by atomic mass is 16.5. The highest BCUT2D eigenvalue weighted by Crippen LogP contribution is 2.40. The number of likely N-dealkylation sites (tertiary alicyclic amines) is 1. The minimum Gasteiger partial charge on any atom is -0.491 e. The van der Waals surface area contributed by atoms with Crippen LogP contribution in [0.5, 0.6) is 5.75 Å². The molecule has 1 aromatic carbocycles. The molecule has 3 N–H and O–H groups in total. The molecule has 1 aliphatic carbocycles. The van der Waals surface area contributed by atoms with Gasteiger partial charge >= 0.3 is 0 Å². The summed E-state index contributed by atoms with van der Waals surface area (Å²) >= 11 is 0. The van der Waals surface area contributed by atoms with Gasteiger partial charge in [0, 0.05) is 30.6 Å². The minimum absolute atomic E-state index is 0.0558. The second kappa shape index (κ2) is 8.91. The summed E-state index contributed by atoms with van der Waals surface area (Å²) in [6, 6.07) is 4.95. The Balaban J connectivity index is 1.34. The molecule has 10 nitrogen and oxygen atoms in total. The predicted octanol–water partition coefficient (Wildman–Crippen LogP) is 1.32. The van der Waals surface area contributed by atoms with Gasteiger partial charge in [-0.2, -0.15) is 0 Å². The highest BCUT2D eigenvalue weighted by Gasteiger charge is 2.46. The van der Waals surface area contributed by atoms with Gasteiger partial charge in [0.2, 0.25) is 11.8 Å². The number of rotatable bonds is 5. The molecule has 5 rings (SSSR count). The predicted molar refractivity (Wildman–Crippen MR) is 125 cm³/mol. The second-order valence-corrected chi connectivity index (χ2v) is 11.0. The molecule has 0 spiro atoms. The largest absolute Gasteiger partial charge is 0.491 e. The number of hydrogen-bond acceptors (Lipinski definition) is 7. The quantitative estimate of drug-likeness (QED) is 0.585. The lowest BCUT2D eigenvalue weighted by atomic mass is 9.85. The number of hydrogen-bond donors (Lipinski definition) is 3. The molecule has 3 heterocycles. The summed E-state index contributed by atoms with van der Waals surface area (Å²) in [6.45, 7) is 6.01. The van der Waals surface area contributed by atoms with Gasteiger partial charge in [0.05, 0.1) is 17.8 Å². The zero-order chi connectivity index (χ0) is 24.9. The van der Waals surface area contributed by atoms with Crippen LogP contribution in [0, 0.1) is 5.41 Å². The molecule has 2 aromatic rings. The van der Waals surface area contributed by atoms with E-state index in [2.05, 4.69) is 15.6 Å². The standard InChI is InChI=1S/C25H33N5O5/c1-25(2,3)22(30-12-17(27-28-30)14-8-9-14)24(34)29-11-15(31)10-19(29)23(33)26-18-13-35-20-7-5-4-6-16(20)21(18)32/h4-7,12,14-15,18-19,21-22,31-32H,8-11,13H2,1-3H3,(H,26,33)/t15?,18?,19?,21?,22-/m1/s1. The van der Waals surface area contributed by atoms with Crippen molar-refractivity contribution in [3.05, 3.63) is 41.7 Å². The summed E-state index contributed by atoms with van der Waals surface area (Å²) in [4.78, 5) is 28.6. The van der Waals surface area contributed by atoms with Crippen molar-refractivity contribution in [2.24, 2.45) is 5.41 Å². The van der Waals surface area contributed by atoms with Crippen LogP contribution in [-0.4, -0.2) is 73.3 Å². The molecule has 2 fully saturated rings. The van der Waals surface area contributed by atoms with Crippen LogP contribution in [0.25, 0.3) is 0 Å². The fraction of sp³-hybridized carbons (Fsp3) is 0.600. The molecule has 1 saturated carbocycles. The summed E-state index contributed by atoms with van der Waals surface area (Å²) in [5.41, 5.74) is 0.986. The van der Waals surface area contributed by atoms with Gasteiger partial charge in [0.15, 0.2) is 0 Å². The van der Waals surface area contributed by atoms with Gasteiger partial charge in [0.1, 0.15) is 30.5 Å². The van der Waals surface area contributed by atoms with E-state index in [1.54, 1.807) is 22.9 Å². The van der Waals surface area contributed by atoms with Crippen molar-refractivity contribution in [2.75, 3.05) is 13.2 Å². The number of carbonyl (C=O) groups excluding carboxylic acids is 2. The lowest BCUT2D eigenvalue weighted by Gasteiger charge is -2.36. The summed E-state index contributed by atoms with van der Waals surface area (Å²) < 4.78 is 7.31. The Hall–Kier alpha value is -2.98. The molecule has 10 heteroatoms. The summed E-state index contributed by atoms with van der Waals surface area (Å²) in [7, 11) is 0. The number of amides is 2. The van der Waals surface area contributed by atoms with Crippen molar-refractivity contribution in [2.45, 2.75) is 76.3 Å². The number of aliphatic hydroxyl groups excluding tert-OH is 2. The van der Waals surface area contributed by atoms with Gasteiger partial charge < -0.3 is 25.2 Å². The van der Waals surface area contributed by atoms with Gasteiger partial charge in [0.25, 0.3) is 0 Å². The molecule has 2 aliphatic heterocycles. The van der Waals surface area contributed by atoms with E-state index in [0.29, 0.717) is 17.2 Å². The Labute approximate surface area is 204 Å². The number of benzene rings is 1. The first kappa shape index (κ1) is 23.7. The van der Waals surface area contributed by atoms with Crippen LogP contribution in [0.1, 0.15) is 69.4 Å². The zero-order valence-electron chi connectivity index (χ0n) is 20.3. The third-order valence-corrected chi connectivity index (χ3v) is 7.07. The van der Waals surface area contributed by atoms with E-state index >= 15 is 0 Å². The van der Waals surface area contributed by atoms with Crippen molar-refractivity contribution in [1.82, 2.24) is 25.2 Å². The molecule has 4 unspecified atom stereocenters. The number of fused-ring (bicyclic) bond motifs is 1. The SMILES string of the molecule is CC(C)(C)[C@@H](C(=O)N1CC(O)CC1C(=O)NC1COc2ccccc2C1O)n1cc(C2CC2)nn1. The zero-order valence-corrected chi connectivity index (χ0v) is 20.3. The van der Waals surface area contributed by atoms with Crippen LogP contribution in [0.3, 0.4) is 0 Å². The molecule has 0 bridgehead atoms. The van der Waals surface area contributed by atoms with Crippen molar-refractivity contribution in [3.8, 4) is 5.75 Å². The number of nitrogens with zero attached hydrogens (tertiary/aromatic N) is 4. The van der Waals surface area contributed by atoms with E-state index in [1.807, 2.05) is 33.0 Å². The first-order valence-corrected chi connectivity index (χ1v) is 12.2. The van der Waals surface area contributed by atoms with Crippen molar-refractivity contribution in [3.63, 3.8) is 0 Å². The summed E-state index contributed by atoms with van der Waals surface area (Å²) in [5, 5.41) is 32.6. The summed E-state index contributed by atoms with van der Waals surface area (Å²) in [6.07, 6.45) is 2.36. The van der Waals surface area contributed by atoms with E-state index in [9.17, 15) is 19.8 Å². The van der Waals surface area contributed by atoms with Gasteiger partial charge in [-0.25, -0.2) is 4.68 Å². The molecule has 1 aromatic heterocycles. The number of ether oxygens (including phenoxy) is 1. The van der Waals surface area contributed by atoms with Crippen molar-refractivity contribution < 1.29 is 24.5 Å². The second-order valence-electron chi connectivity index (χ2n) is 11.0. The van der Waals surface area contributed by atoms with E-state index in [1.165, 1.54) is 4.90 Å². The monoisotopic (exact) mass is 483 g/mol. The summed E-state index contributed by atoms with van der Waals surface area (Å²) in [5.74, 6) is 0.282. The van der Waals surface area contributed by atoms with Crippen LogP contribution in [0.4, 0.5) is 0 Å². The molecule has 2 amide bonds. The Morgan fingerprint density at radius 1 is 1.20 bits per heavy atom. The van der Waals surface area contributed by atoms with Gasteiger partial charge in [-0.05, 0) is 24.3 Å².